The van der Waals surface area contributed by atoms with Crippen molar-refractivity contribution < 1.29 is 29.6 Å². The number of allylic oxidation sites excluding steroid dienone is 2. The van der Waals surface area contributed by atoms with Gasteiger partial charge in [0.25, 0.3) is 0 Å². The molecule has 0 spiro atoms. The molecule has 0 aliphatic heterocycles. The topological polar surface area (TPSA) is 93.1 Å². The van der Waals surface area contributed by atoms with Crippen molar-refractivity contribution in [1.82, 2.24) is 0 Å². The van der Waals surface area contributed by atoms with Crippen LogP contribution in [0.5, 0.6) is 0 Å². The fourth-order valence-electron chi connectivity index (χ4n) is 1.43. The van der Waals surface area contributed by atoms with Crippen LogP contribution in [0.1, 0.15) is 6.92 Å². The van der Waals surface area contributed by atoms with Gasteiger partial charge >= 0.3 is 11.9 Å². The van der Waals surface area contributed by atoms with Gasteiger partial charge in [-0.25, -0.2) is 9.59 Å². The average molecular weight is 254 g/mol. The second-order valence-corrected chi connectivity index (χ2v) is 3.48. The minimum atomic E-state index is -1.06. The fourth-order valence-corrected chi connectivity index (χ4v) is 1.43. The summed E-state index contributed by atoms with van der Waals surface area (Å²) in [4.78, 5) is 31.4. The Morgan fingerprint density at radius 2 is 2.22 bits per heavy atom. The fraction of sp³-hybridized carbons (Fsp3) is 0.333. The number of aliphatic hydroxyl groups is 1. The van der Waals surface area contributed by atoms with Gasteiger partial charge in [0.15, 0.2) is 0 Å². The zero-order valence-corrected chi connectivity index (χ0v) is 9.83. The van der Waals surface area contributed by atoms with Crippen LogP contribution in [0.2, 0.25) is 0 Å². The summed E-state index contributed by atoms with van der Waals surface area (Å²) in [6.45, 7) is 1.33. The lowest BCUT2D eigenvalue weighted by molar-refractivity contribution is -0.276. The molecule has 1 atom stereocenters. The van der Waals surface area contributed by atoms with Crippen molar-refractivity contribution >= 4 is 11.9 Å². The second-order valence-electron chi connectivity index (χ2n) is 3.48. The number of hydrogen-bond donors (Lipinski definition) is 2. The SMILES string of the molecule is CC=C1C=C(C(=O)O)C=CC1C(=O)OOCCO. The zero-order valence-electron chi connectivity index (χ0n) is 9.83. The standard InChI is InChI=1S/C12H14O6/c1-2-8-7-9(11(14)15)3-4-10(8)12(16)18-17-6-5-13/h2-4,7,10,13H,5-6H2,1H3,(H,14,15). The van der Waals surface area contributed by atoms with Crippen LogP contribution in [-0.2, 0) is 19.4 Å². The number of aliphatic hydroxyl groups excluding tert-OH is 1. The van der Waals surface area contributed by atoms with Crippen LogP contribution >= 0.6 is 0 Å². The molecule has 1 aliphatic carbocycles. The largest absolute Gasteiger partial charge is 0.478 e. The van der Waals surface area contributed by atoms with Crippen LogP contribution in [0, 0.1) is 5.92 Å². The Morgan fingerprint density at radius 1 is 1.50 bits per heavy atom. The first-order valence-electron chi connectivity index (χ1n) is 5.33. The molecule has 0 radical (unpaired) electrons. The third-order valence-corrected chi connectivity index (χ3v) is 2.30. The number of carbonyl (C=O) groups is 2. The predicted octanol–water partition coefficient (Wildman–Crippen LogP) is 0.597. The van der Waals surface area contributed by atoms with Crippen molar-refractivity contribution in [2.75, 3.05) is 13.2 Å². The van der Waals surface area contributed by atoms with Crippen molar-refractivity contribution in [3.8, 4) is 0 Å². The molecule has 6 heteroatoms. The van der Waals surface area contributed by atoms with Crippen LogP contribution in [0.3, 0.4) is 0 Å². The van der Waals surface area contributed by atoms with Crippen molar-refractivity contribution in [2.45, 2.75) is 6.92 Å². The monoisotopic (exact) mass is 254 g/mol. The van der Waals surface area contributed by atoms with E-state index in [1.165, 1.54) is 18.2 Å². The van der Waals surface area contributed by atoms with E-state index in [9.17, 15) is 9.59 Å². The zero-order chi connectivity index (χ0) is 13.5. The molecule has 0 saturated carbocycles. The molecule has 98 valence electrons. The van der Waals surface area contributed by atoms with E-state index in [0.29, 0.717) is 5.57 Å². The van der Waals surface area contributed by atoms with E-state index in [1.54, 1.807) is 13.0 Å². The van der Waals surface area contributed by atoms with Gasteiger partial charge < -0.3 is 10.2 Å². The Morgan fingerprint density at radius 3 is 2.78 bits per heavy atom. The van der Waals surface area contributed by atoms with Gasteiger partial charge in [0.2, 0.25) is 0 Å². The number of carbonyl (C=O) groups excluding carboxylic acids is 1. The maximum Gasteiger partial charge on any atom is 0.353 e. The predicted molar refractivity (Wildman–Crippen MR) is 61.2 cm³/mol. The molecule has 0 aromatic carbocycles. The van der Waals surface area contributed by atoms with Crippen LogP contribution in [-0.4, -0.2) is 35.4 Å². The summed E-state index contributed by atoms with van der Waals surface area (Å²) in [6, 6.07) is 0. The van der Waals surface area contributed by atoms with E-state index in [-0.39, 0.29) is 18.8 Å². The van der Waals surface area contributed by atoms with Crippen molar-refractivity contribution in [2.24, 2.45) is 5.92 Å². The first kappa shape index (κ1) is 14.1. The molecular weight excluding hydrogens is 240 g/mol. The van der Waals surface area contributed by atoms with Gasteiger partial charge in [-0.05, 0) is 18.6 Å². The number of rotatable bonds is 5. The van der Waals surface area contributed by atoms with Crippen LogP contribution in [0.25, 0.3) is 0 Å². The molecule has 18 heavy (non-hydrogen) atoms. The van der Waals surface area contributed by atoms with E-state index >= 15 is 0 Å². The number of aliphatic carboxylic acids is 1. The van der Waals surface area contributed by atoms with Crippen molar-refractivity contribution in [1.29, 1.82) is 0 Å². The minimum Gasteiger partial charge on any atom is -0.478 e. The highest BCUT2D eigenvalue weighted by Gasteiger charge is 2.25. The lowest BCUT2D eigenvalue weighted by Crippen LogP contribution is -2.21. The number of carboxylic acids is 1. The maximum absolute atomic E-state index is 11.6. The van der Waals surface area contributed by atoms with Gasteiger partial charge in [-0.3, -0.25) is 4.89 Å². The Kier molecular flexibility index (Phi) is 5.29. The molecule has 1 rings (SSSR count). The normalized spacial score (nSPS) is 20.7. The molecule has 0 fully saturated rings. The smallest absolute Gasteiger partial charge is 0.353 e. The maximum atomic E-state index is 11.6. The quantitative estimate of drug-likeness (QED) is 0.424. The third-order valence-electron chi connectivity index (χ3n) is 2.30. The van der Waals surface area contributed by atoms with E-state index in [4.69, 9.17) is 10.2 Å². The molecule has 0 amide bonds. The summed E-state index contributed by atoms with van der Waals surface area (Å²) in [5.74, 6) is -2.42. The molecule has 6 nitrogen and oxygen atoms in total. The molecule has 2 N–H and O–H groups in total. The van der Waals surface area contributed by atoms with E-state index in [2.05, 4.69) is 9.78 Å². The highest BCUT2D eigenvalue weighted by molar-refractivity contribution is 5.92. The van der Waals surface area contributed by atoms with Crippen LogP contribution in [0.15, 0.2) is 35.5 Å². The second kappa shape index (κ2) is 6.73. The van der Waals surface area contributed by atoms with Gasteiger partial charge in [-0.1, -0.05) is 18.2 Å². The first-order valence-corrected chi connectivity index (χ1v) is 5.33. The minimum absolute atomic E-state index is 0.100. The average Bonchev–Trinajstić information content (AvgIpc) is 2.38. The van der Waals surface area contributed by atoms with Crippen molar-refractivity contribution in [3.63, 3.8) is 0 Å². The van der Waals surface area contributed by atoms with E-state index < -0.39 is 17.9 Å². The van der Waals surface area contributed by atoms with Gasteiger partial charge in [-0.2, -0.15) is 4.89 Å². The van der Waals surface area contributed by atoms with Gasteiger partial charge in [0, 0.05) is 0 Å². The summed E-state index contributed by atoms with van der Waals surface area (Å²) in [5, 5.41) is 17.3. The molecular formula is C12H14O6. The number of carboxylic acid groups (broad SMARTS) is 1. The van der Waals surface area contributed by atoms with Gasteiger partial charge in [-0.15, -0.1) is 0 Å². The summed E-state index contributed by atoms with van der Waals surface area (Å²) < 4.78 is 0. The van der Waals surface area contributed by atoms with Crippen molar-refractivity contribution in [3.05, 3.63) is 35.5 Å². The Bertz CT molecular complexity index is 418. The lowest BCUT2D eigenvalue weighted by Gasteiger charge is -2.16. The Labute approximate surface area is 104 Å². The molecule has 0 heterocycles. The first-order chi connectivity index (χ1) is 8.60. The molecule has 0 aromatic heterocycles. The molecule has 1 aliphatic rings. The molecule has 1 unspecified atom stereocenters. The highest BCUT2D eigenvalue weighted by atomic mass is 17.2. The van der Waals surface area contributed by atoms with E-state index in [1.807, 2.05) is 0 Å². The molecule has 0 saturated heterocycles. The Balaban J connectivity index is 2.72. The molecule has 0 aromatic rings. The van der Waals surface area contributed by atoms with E-state index in [0.717, 1.165) is 0 Å². The summed E-state index contributed by atoms with van der Waals surface area (Å²) in [6.07, 6.45) is 5.81. The van der Waals surface area contributed by atoms with Gasteiger partial charge in [0.1, 0.15) is 12.5 Å². The highest BCUT2D eigenvalue weighted by Crippen LogP contribution is 2.23. The van der Waals surface area contributed by atoms with Crippen LogP contribution < -0.4 is 0 Å². The third kappa shape index (κ3) is 3.54. The van der Waals surface area contributed by atoms with Gasteiger partial charge in [0.05, 0.1) is 12.2 Å². The number of hydrogen-bond acceptors (Lipinski definition) is 5. The summed E-state index contributed by atoms with van der Waals surface area (Å²) in [5.41, 5.74) is 0.621. The Hall–Kier alpha value is -1.92. The summed E-state index contributed by atoms with van der Waals surface area (Å²) >= 11 is 0. The molecule has 0 bridgehead atoms. The summed E-state index contributed by atoms with van der Waals surface area (Å²) in [7, 11) is 0. The lowest BCUT2D eigenvalue weighted by atomic mass is 9.91. The van der Waals surface area contributed by atoms with Crippen LogP contribution in [0.4, 0.5) is 0 Å².